The molecule has 4 atom stereocenters. The molecule has 1 unspecified atom stereocenters. The number of likely N-dealkylation sites (tertiary alicyclic amines) is 3. The number of nitrogens with one attached hydrogen (secondary N) is 1. The van der Waals surface area contributed by atoms with Crippen LogP contribution in [0.25, 0.3) is 0 Å². The second-order valence-electron chi connectivity index (χ2n) is 15.8. The fourth-order valence-electron chi connectivity index (χ4n) is 9.70. The summed E-state index contributed by atoms with van der Waals surface area (Å²) < 4.78 is 0. The largest absolute Gasteiger partial charge is 0.391 e. The van der Waals surface area contributed by atoms with Gasteiger partial charge in [0.25, 0.3) is 0 Å². The van der Waals surface area contributed by atoms with Crippen molar-refractivity contribution in [2.45, 2.75) is 94.2 Å². The molecule has 1 saturated carbocycles. The molecule has 3 heterocycles. The van der Waals surface area contributed by atoms with Crippen LogP contribution in [-0.4, -0.2) is 95.0 Å². The Morgan fingerprint density at radius 2 is 1.23 bits per heavy atom. The monoisotopic (exact) mass is 704 g/mol. The van der Waals surface area contributed by atoms with Crippen molar-refractivity contribution in [3.8, 4) is 0 Å². The second-order valence-corrected chi connectivity index (χ2v) is 15.8. The fraction of sp³-hybridized carbons (Fsp3) is 0.523. The summed E-state index contributed by atoms with van der Waals surface area (Å²) in [6, 6.07) is 29.1. The lowest BCUT2D eigenvalue weighted by atomic mass is 9.67. The smallest absolute Gasteiger partial charge is 0.246 e. The molecule has 3 aromatic rings. The Balaban J connectivity index is 1.05. The Bertz CT molecular complexity index is 1530. The SMILES string of the molecule is O=C(NCC1CCCN(CC2CCCCC2)C1)[C@H]1C[C@H](O)CN1C(=O)[C@@H]1CCCN1C(=O)CC(c1ccccc1)(c1ccccc1)c1ccccc1. The number of nitrogens with zero attached hydrogens (tertiary/aromatic N) is 3. The Labute approximate surface area is 309 Å². The van der Waals surface area contributed by atoms with Gasteiger partial charge in [-0.3, -0.25) is 14.4 Å². The van der Waals surface area contributed by atoms with Gasteiger partial charge in [0, 0.05) is 45.6 Å². The molecule has 8 nitrogen and oxygen atoms in total. The zero-order valence-corrected chi connectivity index (χ0v) is 30.6. The third-order valence-corrected chi connectivity index (χ3v) is 12.3. The van der Waals surface area contributed by atoms with Gasteiger partial charge in [-0.15, -0.1) is 0 Å². The van der Waals surface area contributed by atoms with E-state index >= 15 is 0 Å². The summed E-state index contributed by atoms with van der Waals surface area (Å²) in [5.41, 5.74) is 2.26. The number of rotatable bonds is 11. The number of hydrogen-bond donors (Lipinski definition) is 2. The highest BCUT2D eigenvalue weighted by Gasteiger charge is 2.47. The van der Waals surface area contributed by atoms with E-state index in [1.807, 2.05) is 54.6 Å². The zero-order valence-electron chi connectivity index (χ0n) is 30.6. The second kappa shape index (κ2) is 16.8. The predicted octanol–water partition coefficient (Wildman–Crippen LogP) is 5.77. The van der Waals surface area contributed by atoms with Crippen LogP contribution in [0.1, 0.15) is 87.3 Å². The molecule has 3 amide bonds. The van der Waals surface area contributed by atoms with Crippen molar-refractivity contribution in [2.75, 3.05) is 39.3 Å². The molecule has 3 aliphatic heterocycles. The van der Waals surface area contributed by atoms with Crippen LogP contribution in [0.4, 0.5) is 0 Å². The minimum atomic E-state index is -0.771. The highest BCUT2D eigenvalue weighted by molar-refractivity contribution is 5.93. The average molecular weight is 705 g/mol. The number of benzene rings is 3. The van der Waals surface area contributed by atoms with E-state index in [0.717, 1.165) is 48.5 Å². The van der Waals surface area contributed by atoms with E-state index in [4.69, 9.17) is 0 Å². The van der Waals surface area contributed by atoms with E-state index in [2.05, 4.69) is 46.6 Å². The molecule has 0 spiro atoms. The average Bonchev–Trinajstić information content (AvgIpc) is 3.85. The number of piperidine rings is 1. The number of β-amino-alcohol motifs (C(OH)–C–C–N with tert-alkyl or cyclic N) is 1. The number of carbonyl (C=O) groups excluding carboxylic acids is 3. The highest BCUT2D eigenvalue weighted by Crippen LogP contribution is 2.43. The Morgan fingerprint density at radius 1 is 0.654 bits per heavy atom. The Morgan fingerprint density at radius 3 is 1.85 bits per heavy atom. The van der Waals surface area contributed by atoms with Gasteiger partial charge in [-0.2, -0.15) is 0 Å². The first kappa shape index (κ1) is 36.4. The lowest BCUT2D eigenvalue weighted by molar-refractivity contribution is -0.147. The number of aliphatic hydroxyl groups is 1. The minimum absolute atomic E-state index is 0.0942. The van der Waals surface area contributed by atoms with Crippen LogP contribution in [0.5, 0.6) is 0 Å². The summed E-state index contributed by atoms with van der Waals surface area (Å²) in [6.45, 7) is 4.48. The lowest BCUT2D eigenvalue weighted by Gasteiger charge is -2.38. The van der Waals surface area contributed by atoms with E-state index in [0.29, 0.717) is 31.8 Å². The molecule has 3 saturated heterocycles. The third kappa shape index (κ3) is 7.98. The van der Waals surface area contributed by atoms with Gasteiger partial charge >= 0.3 is 0 Å². The molecule has 0 radical (unpaired) electrons. The van der Waals surface area contributed by atoms with Crippen molar-refractivity contribution in [2.24, 2.45) is 11.8 Å². The van der Waals surface area contributed by atoms with Crippen LogP contribution >= 0.6 is 0 Å². The van der Waals surface area contributed by atoms with Crippen LogP contribution in [0, 0.1) is 11.8 Å². The van der Waals surface area contributed by atoms with Gasteiger partial charge in [-0.1, -0.05) is 110 Å². The lowest BCUT2D eigenvalue weighted by Crippen LogP contribution is -2.54. The van der Waals surface area contributed by atoms with Gasteiger partial charge in [0.05, 0.1) is 11.5 Å². The van der Waals surface area contributed by atoms with Crippen molar-refractivity contribution < 1.29 is 19.5 Å². The van der Waals surface area contributed by atoms with Crippen molar-refractivity contribution in [3.63, 3.8) is 0 Å². The van der Waals surface area contributed by atoms with Crippen LogP contribution in [0.2, 0.25) is 0 Å². The molecule has 276 valence electrons. The van der Waals surface area contributed by atoms with E-state index in [9.17, 15) is 19.5 Å². The van der Waals surface area contributed by atoms with E-state index < -0.39 is 23.6 Å². The molecule has 7 rings (SSSR count). The fourth-order valence-corrected chi connectivity index (χ4v) is 9.70. The summed E-state index contributed by atoms with van der Waals surface area (Å²) >= 11 is 0. The molecule has 2 N–H and O–H groups in total. The molecule has 0 bridgehead atoms. The molecule has 3 aromatic carbocycles. The first-order chi connectivity index (χ1) is 25.4. The maximum atomic E-state index is 14.6. The zero-order chi connectivity index (χ0) is 35.9. The van der Waals surface area contributed by atoms with Crippen LogP contribution in [-0.2, 0) is 19.8 Å². The van der Waals surface area contributed by atoms with Crippen molar-refractivity contribution in [1.82, 2.24) is 20.0 Å². The quantitative estimate of drug-likeness (QED) is 0.248. The predicted molar refractivity (Wildman–Crippen MR) is 203 cm³/mol. The summed E-state index contributed by atoms with van der Waals surface area (Å²) in [6.07, 6.45) is 9.83. The molecule has 0 aromatic heterocycles. The van der Waals surface area contributed by atoms with Crippen LogP contribution in [0.3, 0.4) is 0 Å². The number of hydrogen-bond acceptors (Lipinski definition) is 5. The molecule has 52 heavy (non-hydrogen) atoms. The summed E-state index contributed by atoms with van der Waals surface area (Å²) in [4.78, 5) is 48.6. The molecule has 1 aliphatic carbocycles. The molecule has 4 fully saturated rings. The Kier molecular flexibility index (Phi) is 11.7. The van der Waals surface area contributed by atoms with Crippen LogP contribution < -0.4 is 5.32 Å². The van der Waals surface area contributed by atoms with Crippen molar-refractivity contribution >= 4 is 17.7 Å². The molecular weight excluding hydrogens is 649 g/mol. The van der Waals surface area contributed by atoms with E-state index in [-0.39, 0.29) is 37.1 Å². The molecular formula is C44H56N4O4. The maximum Gasteiger partial charge on any atom is 0.246 e. The molecule has 8 heteroatoms. The third-order valence-electron chi connectivity index (χ3n) is 12.3. The number of carbonyl (C=O) groups is 3. The normalized spacial score (nSPS) is 24.6. The van der Waals surface area contributed by atoms with Gasteiger partial charge in [0.15, 0.2) is 0 Å². The summed E-state index contributed by atoms with van der Waals surface area (Å²) in [5, 5.41) is 13.9. The summed E-state index contributed by atoms with van der Waals surface area (Å²) in [5.74, 6) is 0.669. The highest BCUT2D eigenvalue weighted by atomic mass is 16.3. The molecule has 4 aliphatic rings. The first-order valence-electron chi connectivity index (χ1n) is 19.9. The van der Waals surface area contributed by atoms with Gasteiger partial charge in [0.1, 0.15) is 12.1 Å². The van der Waals surface area contributed by atoms with Gasteiger partial charge in [-0.25, -0.2) is 0 Å². The van der Waals surface area contributed by atoms with E-state index in [1.54, 1.807) is 9.80 Å². The van der Waals surface area contributed by atoms with Gasteiger partial charge in [-0.05, 0) is 73.6 Å². The number of aliphatic hydroxyl groups excluding tert-OH is 1. The number of amides is 3. The maximum absolute atomic E-state index is 14.6. The van der Waals surface area contributed by atoms with E-state index in [1.165, 1.54) is 38.6 Å². The van der Waals surface area contributed by atoms with Crippen molar-refractivity contribution in [3.05, 3.63) is 108 Å². The summed E-state index contributed by atoms with van der Waals surface area (Å²) in [7, 11) is 0. The topological polar surface area (TPSA) is 93.2 Å². The van der Waals surface area contributed by atoms with Gasteiger partial charge in [0.2, 0.25) is 17.7 Å². The van der Waals surface area contributed by atoms with Crippen LogP contribution in [0.15, 0.2) is 91.0 Å². The Hall–Kier alpha value is -4.01. The van der Waals surface area contributed by atoms with Gasteiger partial charge < -0.3 is 25.1 Å². The standard InChI is InChI=1S/C44H56N4O4/c49-38-27-40(42(51)45-29-34-17-13-25-46(31-34)30-33-15-5-1-6-16-33)48(32-38)43(52)39-24-14-26-47(39)41(50)28-44(35-18-7-2-8-19-35,36-20-9-3-10-21-36)37-22-11-4-12-23-37/h2-4,7-12,18-23,33-34,38-40,49H,1,5-6,13-17,24-32H2,(H,45,51)/t34?,38-,39-,40+/m0/s1. The van der Waals surface area contributed by atoms with Crippen molar-refractivity contribution in [1.29, 1.82) is 0 Å². The first-order valence-corrected chi connectivity index (χ1v) is 19.9. The minimum Gasteiger partial charge on any atom is -0.391 e.